The van der Waals surface area contributed by atoms with E-state index in [-0.39, 0.29) is 17.6 Å². The Labute approximate surface area is 118 Å². The molecular weight excluding hydrogens is 234 g/mol. The van der Waals surface area contributed by atoms with Crippen molar-refractivity contribution in [1.82, 2.24) is 5.32 Å². The van der Waals surface area contributed by atoms with Crippen molar-refractivity contribution in [2.75, 3.05) is 14.2 Å². The molecule has 1 aromatic rings. The van der Waals surface area contributed by atoms with Crippen LogP contribution in [0, 0.1) is 5.41 Å². The van der Waals surface area contributed by atoms with Gasteiger partial charge in [0.2, 0.25) is 0 Å². The van der Waals surface area contributed by atoms with Gasteiger partial charge in [-0.2, -0.15) is 0 Å². The van der Waals surface area contributed by atoms with Gasteiger partial charge in [-0.25, -0.2) is 0 Å². The zero-order valence-electron chi connectivity index (χ0n) is 13.3. The molecule has 2 atom stereocenters. The summed E-state index contributed by atoms with van der Waals surface area (Å²) in [4.78, 5) is 0. The van der Waals surface area contributed by atoms with Crippen LogP contribution in [0.5, 0.6) is 0 Å². The molecule has 1 aromatic carbocycles. The molecule has 0 aromatic heterocycles. The number of nitrogens with one attached hydrogen (secondary N) is 1. The van der Waals surface area contributed by atoms with Crippen molar-refractivity contribution in [3.63, 3.8) is 0 Å². The Morgan fingerprint density at radius 2 is 1.74 bits per heavy atom. The fourth-order valence-electron chi connectivity index (χ4n) is 2.66. The summed E-state index contributed by atoms with van der Waals surface area (Å²) in [5.74, 6) is 0. The Morgan fingerprint density at radius 3 is 2.11 bits per heavy atom. The first-order valence-corrected chi connectivity index (χ1v) is 7.23. The normalized spacial score (nSPS) is 15.3. The molecule has 19 heavy (non-hydrogen) atoms. The Morgan fingerprint density at radius 1 is 1.16 bits per heavy atom. The summed E-state index contributed by atoms with van der Waals surface area (Å²) in [6.45, 7) is 8.87. The molecule has 0 bridgehead atoms. The maximum Gasteiger partial charge on any atom is 0.0813 e. The molecule has 108 valence electrons. The van der Waals surface area contributed by atoms with Gasteiger partial charge in [-0.1, -0.05) is 58.4 Å². The van der Waals surface area contributed by atoms with Gasteiger partial charge in [0.15, 0.2) is 0 Å². The topological polar surface area (TPSA) is 21.3 Å². The second kappa shape index (κ2) is 7.06. The predicted molar refractivity (Wildman–Crippen MR) is 82.5 cm³/mol. The first kappa shape index (κ1) is 16.2. The van der Waals surface area contributed by atoms with E-state index in [1.165, 1.54) is 17.5 Å². The lowest BCUT2D eigenvalue weighted by Gasteiger charge is -2.36. The Kier molecular flexibility index (Phi) is 6.02. The second-order valence-electron chi connectivity index (χ2n) is 6.28. The summed E-state index contributed by atoms with van der Waals surface area (Å²) < 4.78 is 5.74. The molecule has 0 aliphatic heterocycles. The number of aryl methyl sites for hydroxylation is 1. The Balaban J connectivity index is 2.95. The van der Waals surface area contributed by atoms with Crippen LogP contribution in [0.4, 0.5) is 0 Å². The Hall–Kier alpha value is -0.860. The number of hydrogen-bond donors (Lipinski definition) is 1. The van der Waals surface area contributed by atoms with Crippen molar-refractivity contribution in [3.8, 4) is 0 Å². The molecular formula is C17H29NO. The van der Waals surface area contributed by atoms with Crippen molar-refractivity contribution in [1.29, 1.82) is 0 Å². The summed E-state index contributed by atoms with van der Waals surface area (Å²) in [6.07, 6.45) is 2.49. The lowest BCUT2D eigenvalue weighted by atomic mass is 9.82. The maximum absolute atomic E-state index is 5.74. The minimum absolute atomic E-state index is 0.102. The average Bonchev–Trinajstić information content (AvgIpc) is 2.36. The van der Waals surface area contributed by atoms with E-state index in [2.05, 4.69) is 57.3 Å². The quantitative estimate of drug-likeness (QED) is 0.839. The molecule has 2 heteroatoms. The van der Waals surface area contributed by atoms with Crippen LogP contribution in [0.25, 0.3) is 0 Å². The zero-order valence-corrected chi connectivity index (χ0v) is 13.3. The summed E-state index contributed by atoms with van der Waals surface area (Å²) in [5, 5.41) is 3.40. The van der Waals surface area contributed by atoms with Gasteiger partial charge in [0, 0.05) is 7.11 Å². The van der Waals surface area contributed by atoms with Crippen molar-refractivity contribution in [2.24, 2.45) is 5.41 Å². The summed E-state index contributed by atoms with van der Waals surface area (Å²) in [6, 6.07) is 9.14. The summed E-state index contributed by atoms with van der Waals surface area (Å²) >= 11 is 0. The van der Waals surface area contributed by atoms with Gasteiger partial charge in [0.05, 0.1) is 12.1 Å². The van der Waals surface area contributed by atoms with Gasteiger partial charge in [-0.15, -0.1) is 0 Å². The minimum atomic E-state index is 0.102. The van der Waals surface area contributed by atoms with E-state index in [1.807, 2.05) is 7.05 Å². The number of benzene rings is 1. The molecule has 0 fully saturated rings. The summed E-state index contributed by atoms with van der Waals surface area (Å²) in [7, 11) is 3.80. The lowest BCUT2D eigenvalue weighted by Crippen LogP contribution is -2.40. The van der Waals surface area contributed by atoms with Crippen LogP contribution in [0.1, 0.15) is 51.3 Å². The van der Waals surface area contributed by atoms with E-state index >= 15 is 0 Å². The smallest absolute Gasteiger partial charge is 0.0813 e. The molecule has 1 N–H and O–H groups in total. The fraction of sp³-hybridized carbons (Fsp3) is 0.647. The van der Waals surface area contributed by atoms with E-state index in [4.69, 9.17) is 4.74 Å². The fourth-order valence-corrected chi connectivity index (χ4v) is 2.66. The van der Waals surface area contributed by atoms with E-state index in [0.29, 0.717) is 0 Å². The van der Waals surface area contributed by atoms with Crippen molar-refractivity contribution < 1.29 is 4.74 Å². The number of rotatable bonds is 6. The minimum Gasteiger partial charge on any atom is -0.379 e. The van der Waals surface area contributed by atoms with Crippen molar-refractivity contribution >= 4 is 0 Å². The molecule has 0 amide bonds. The van der Waals surface area contributed by atoms with Crippen molar-refractivity contribution in [3.05, 3.63) is 35.4 Å². The third-order valence-electron chi connectivity index (χ3n) is 3.60. The predicted octanol–water partition coefficient (Wildman–Crippen LogP) is 3.96. The SMILES string of the molecule is CCCc1ccc(C(NC)C(OC)C(C)(C)C)cc1. The molecule has 0 saturated carbocycles. The second-order valence-corrected chi connectivity index (χ2v) is 6.28. The third kappa shape index (κ3) is 4.32. The van der Waals surface area contributed by atoms with Crippen molar-refractivity contribution in [2.45, 2.75) is 52.7 Å². The van der Waals surface area contributed by atoms with Crippen LogP contribution < -0.4 is 5.32 Å². The largest absolute Gasteiger partial charge is 0.379 e. The highest BCUT2D eigenvalue weighted by molar-refractivity contribution is 5.26. The highest BCUT2D eigenvalue weighted by Crippen LogP contribution is 2.32. The van der Waals surface area contributed by atoms with Gasteiger partial charge in [-0.05, 0) is 30.0 Å². The van der Waals surface area contributed by atoms with Crippen LogP contribution in [0.3, 0.4) is 0 Å². The molecule has 0 heterocycles. The van der Waals surface area contributed by atoms with E-state index < -0.39 is 0 Å². The number of ether oxygens (including phenoxy) is 1. The molecule has 2 nitrogen and oxygen atoms in total. The van der Waals surface area contributed by atoms with E-state index in [1.54, 1.807) is 7.11 Å². The molecule has 0 aliphatic rings. The van der Waals surface area contributed by atoms with Gasteiger partial charge in [-0.3, -0.25) is 0 Å². The van der Waals surface area contributed by atoms with Crippen LogP contribution in [0.15, 0.2) is 24.3 Å². The first-order chi connectivity index (χ1) is 8.93. The van der Waals surface area contributed by atoms with E-state index in [9.17, 15) is 0 Å². The number of hydrogen-bond acceptors (Lipinski definition) is 2. The molecule has 0 spiro atoms. The number of methoxy groups -OCH3 is 1. The van der Waals surface area contributed by atoms with Gasteiger partial charge < -0.3 is 10.1 Å². The monoisotopic (exact) mass is 263 g/mol. The lowest BCUT2D eigenvalue weighted by molar-refractivity contribution is -0.0101. The summed E-state index contributed by atoms with van der Waals surface area (Å²) in [5.41, 5.74) is 2.81. The molecule has 0 aliphatic carbocycles. The van der Waals surface area contributed by atoms with Gasteiger partial charge >= 0.3 is 0 Å². The molecule has 0 saturated heterocycles. The van der Waals surface area contributed by atoms with E-state index in [0.717, 1.165) is 6.42 Å². The molecule has 1 rings (SSSR count). The van der Waals surface area contributed by atoms with Crippen LogP contribution in [-0.4, -0.2) is 20.3 Å². The van der Waals surface area contributed by atoms with Crippen LogP contribution >= 0.6 is 0 Å². The third-order valence-corrected chi connectivity index (χ3v) is 3.60. The first-order valence-electron chi connectivity index (χ1n) is 7.23. The molecule has 2 unspecified atom stereocenters. The standard InChI is InChI=1S/C17H29NO/c1-7-8-13-9-11-14(12-10-13)15(18-5)16(19-6)17(2,3)4/h9-12,15-16,18H,7-8H2,1-6H3. The Bertz CT molecular complexity index is 364. The number of likely N-dealkylation sites (N-methyl/N-ethyl adjacent to an activating group) is 1. The highest BCUT2D eigenvalue weighted by Gasteiger charge is 2.32. The van der Waals surface area contributed by atoms with Crippen LogP contribution in [0.2, 0.25) is 0 Å². The van der Waals surface area contributed by atoms with Gasteiger partial charge in [0.1, 0.15) is 0 Å². The zero-order chi connectivity index (χ0) is 14.5. The van der Waals surface area contributed by atoms with Gasteiger partial charge in [0.25, 0.3) is 0 Å². The van der Waals surface area contributed by atoms with Crippen LogP contribution in [-0.2, 0) is 11.2 Å². The molecule has 0 radical (unpaired) electrons. The maximum atomic E-state index is 5.74. The highest BCUT2D eigenvalue weighted by atomic mass is 16.5. The average molecular weight is 263 g/mol.